The van der Waals surface area contributed by atoms with E-state index in [1.54, 1.807) is 29.7 Å². The van der Waals surface area contributed by atoms with Gasteiger partial charge in [0.1, 0.15) is 6.61 Å². The molecule has 0 radical (unpaired) electrons. The first-order valence-corrected chi connectivity index (χ1v) is 10.8. The zero-order valence-corrected chi connectivity index (χ0v) is 17.1. The van der Waals surface area contributed by atoms with Gasteiger partial charge in [0.15, 0.2) is 5.16 Å². The van der Waals surface area contributed by atoms with Crippen LogP contribution in [0.25, 0.3) is 11.0 Å². The molecule has 0 saturated heterocycles. The van der Waals surface area contributed by atoms with Crippen LogP contribution in [0.15, 0.2) is 52.6 Å². The van der Waals surface area contributed by atoms with Crippen molar-refractivity contribution in [3.05, 3.63) is 48.3 Å². The first-order valence-electron chi connectivity index (χ1n) is 8.87. The zero-order valence-electron chi connectivity index (χ0n) is 15.4. The molecule has 10 heteroatoms. The number of benzene rings is 1. The van der Waals surface area contributed by atoms with Gasteiger partial charge in [-0.2, -0.15) is 13.2 Å². The lowest BCUT2D eigenvalue weighted by Gasteiger charge is -2.08. The van der Waals surface area contributed by atoms with Crippen LogP contribution in [0.5, 0.6) is 0 Å². The maximum absolute atomic E-state index is 11.9. The molecule has 29 heavy (non-hydrogen) atoms. The Kier molecular flexibility index (Phi) is 8.22. The monoisotopic (exact) mass is 443 g/mol. The molecule has 0 unspecified atom stereocenters. The molecule has 0 spiro atoms. The van der Waals surface area contributed by atoms with Gasteiger partial charge in [0.25, 0.3) is 0 Å². The van der Waals surface area contributed by atoms with Crippen LogP contribution in [0, 0.1) is 0 Å². The zero-order chi connectivity index (χ0) is 20.5. The van der Waals surface area contributed by atoms with Crippen molar-refractivity contribution in [1.82, 2.24) is 15.0 Å². The van der Waals surface area contributed by atoms with E-state index in [9.17, 15) is 13.2 Å². The summed E-state index contributed by atoms with van der Waals surface area (Å²) < 4.78 is 45.6. The van der Waals surface area contributed by atoms with Crippen LogP contribution >= 0.6 is 23.5 Å². The molecule has 0 saturated carbocycles. The molecule has 2 heterocycles. The number of halogens is 3. The summed E-state index contributed by atoms with van der Waals surface area (Å²) in [5.41, 5.74) is 2.90. The summed E-state index contributed by atoms with van der Waals surface area (Å²) in [6.45, 7) is -0.725. The molecule has 5 nitrogen and oxygen atoms in total. The van der Waals surface area contributed by atoms with Gasteiger partial charge >= 0.3 is 6.18 Å². The van der Waals surface area contributed by atoms with Gasteiger partial charge in [-0.05, 0) is 24.3 Å². The van der Waals surface area contributed by atoms with Gasteiger partial charge in [-0.1, -0.05) is 23.9 Å². The lowest BCUT2D eigenvalue weighted by atomic mass is 10.3. The molecule has 0 amide bonds. The summed E-state index contributed by atoms with van der Waals surface area (Å²) in [4.78, 5) is 13.3. The molecule has 156 valence electrons. The van der Waals surface area contributed by atoms with Crippen LogP contribution in [0.3, 0.4) is 0 Å². The van der Waals surface area contributed by atoms with Gasteiger partial charge in [-0.25, -0.2) is 4.98 Å². The molecule has 0 aliphatic carbocycles. The number of nitrogens with zero attached hydrogens (tertiary/aromatic N) is 2. The Labute approximate surface area is 174 Å². The highest BCUT2D eigenvalue weighted by molar-refractivity contribution is 7.99. The third-order valence-electron chi connectivity index (χ3n) is 3.65. The van der Waals surface area contributed by atoms with Crippen LogP contribution in [0.1, 0.15) is 5.69 Å². The highest BCUT2D eigenvalue weighted by atomic mass is 32.2. The minimum absolute atomic E-state index is 0.0669. The molecule has 0 bridgehead atoms. The smallest absolute Gasteiger partial charge is 0.378 e. The molecule has 1 aromatic carbocycles. The fourth-order valence-electron chi connectivity index (χ4n) is 2.39. The second-order valence-electron chi connectivity index (χ2n) is 5.96. The molecular formula is C19H20F3N3O2S2. The minimum atomic E-state index is -4.29. The second kappa shape index (κ2) is 10.9. The Balaban J connectivity index is 1.35. The molecule has 3 rings (SSSR count). The molecule has 0 aliphatic heterocycles. The van der Waals surface area contributed by atoms with E-state index in [4.69, 9.17) is 4.74 Å². The van der Waals surface area contributed by atoms with E-state index in [1.807, 2.05) is 36.4 Å². The van der Waals surface area contributed by atoms with Crippen molar-refractivity contribution in [2.45, 2.75) is 22.0 Å². The van der Waals surface area contributed by atoms with Crippen molar-refractivity contribution in [3.63, 3.8) is 0 Å². The van der Waals surface area contributed by atoms with E-state index in [0.717, 1.165) is 26.8 Å². The molecule has 0 fully saturated rings. The maximum atomic E-state index is 11.9. The van der Waals surface area contributed by atoms with E-state index in [0.29, 0.717) is 18.1 Å². The van der Waals surface area contributed by atoms with Crippen molar-refractivity contribution in [3.8, 4) is 0 Å². The minimum Gasteiger partial charge on any atom is -0.378 e. The fourth-order valence-corrected chi connectivity index (χ4v) is 3.99. The number of aromatic nitrogens is 3. The average Bonchev–Trinajstić information content (AvgIpc) is 3.11. The summed E-state index contributed by atoms with van der Waals surface area (Å²) in [6.07, 6.45) is -2.53. The predicted octanol–water partition coefficient (Wildman–Crippen LogP) is 4.94. The molecule has 1 N–H and O–H groups in total. The molecule has 2 aromatic heterocycles. The first kappa shape index (κ1) is 21.9. The van der Waals surface area contributed by atoms with E-state index < -0.39 is 12.8 Å². The summed E-state index contributed by atoms with van der Waals surface area (Å²) in [6, 6.07) is 11.8. The Bertz CT molecular complexity index is 873. The number of aromatic amines is 1. The number of rotatable bonds is 11. The van der Waals surface area contributed by atoms with Gasteiger partial charge < -0.3 is 14.5 Å². The van der Waals surface area contributed by atoms with E-state index >= 15 is 0 Å². The van der Waals surface area contributed by atoms with Crippen LogP contribution in [-0.2, 0) is 15.2 Å². The molecule has 0 aliphatic rings. The lowest BCUT2D eigenvalue weighted by Crippen LogP contribution is -2.19. The normalized spacial score (nSPS) is 12.0. The Hall–Kier alpha value is -1.75. The molecule has 3 aromatic rings. The van der Waals surface area contributed by atoms with Crippen molar-refractivity contribution < 1.29 is 22.6 Å². The highest BCUT2D eigenvalue weighted by Crippen LogP contribution is 2.24. The maximum Gasteiger partial charge on any atom is 0.411 e. The third kappa shape index (κ3) is 7.88. The number of H-pyrrole nitrogens is 1. The SMILES string of the molecule is FC(F)(F)COCCOCCSc1ccnc(CSc2nc3ccccc3[nH]2)c1. The largest absolute Gasteiger partial charge is 0.411 e. The summed E-state index contributed by atoms with van der Waals surface area (Å²) in [5.74, 6) is 1.39. The highest BCUT2D eigenvalue weighted by Gasteiger charge is 2.27. The van der Waals surface area contributed by atoms with Crippen LogP contribution < -0.4 is 0 Å². The number of ether oxygens (including phenoxy) is 2. The summed E-state index contributed by atoms with van der Waals surface area (Å²) in [7, 11) is 0. The number of hydrogen-bond acceptors (Lipinski definition) is 6. The molecule has 0 atom stereocenters. The number of para-hydroxylation sites is 2. The van der Waals surface area contributed by atoms with Gasteiger partial charge in [0.05, 0.1) is 36.5 Å². The Morgan fingerprint density at radius 2 is 1.83 bits per heavy atom. The average molecular weight is 444 g/mol. The van der Waals surface area contributed by atoms with Crippen molar-refractivity contribution in [2.24, 2.45) is 0 Å². The van der Waals surface area contributed by atoms with E-state index in [1.165, 1.54) is 0 Å². The Morgan fingerprint density at radius 1 is 1.00 bits per heavy atom. The van der Waals surface area contributed by atoms with Crippen molar-refractivity contribution in [2.75, 3.05) is 32.2 Å². The number of nitrogens with one attached hydrogen (secondary N) is 1. The van der Waals surface area contributed by atoms with E-state index in [2.05, 4.69) is 19.7 Å². The van der Waals surface area contributed by atoms with Crippen LogP contribution in [0.4, 0.5) is 13.2 Å². The van der Waals surface area contributed by atoms with Crippen molar-refractivity contribution >= 4 is 34.6 Å². The number of thioether (sulfide) groups is 2. The topological polar surface area (TPSA) is 60.0 Å². The number of hydrogen-bond donors (Lipinski definition) is 1. The van der Waals surface area contributed by atoms with E-state index in [-0.39, 0.29) is 13.2 Å². The van der Waals surface area contributed by atoms with Crippen molar-refractivity contribution in [1.29, 1.82) is 0 Å². The van der Waals surface area contributed by atoms with Gasteiger partial charge in [-0.15, -0.1) is 11.8 Å². The first-order chi connectivity index (χ1) is 14.0. The number of alkyl halides is 3. The fraction of sp³-hybridized carbons (Fsp3) is 0.368. The second-order valence-corrected chi connectivity index (χ2v) is 8.09. The standard InChI is InChI=1S/C19H20F3N3O2S2/c20-19(21,22)13-27-8-7-26-9-10-28-15-5-6-23-14(11-15)12-29-18-24-16-3-1-2-4-17(16)25-18/h1-6,11H,7-10,12-13H2,(H,24,25). The molecular weight excluding hydrogens is 423 g/mol. The van der Waals surface area contributed by atoms with Crippen LogP contribution in [-0.4, -0.2) is 53.3 Å². The van der Waals surface area contributed by atoms with Gasteiger partial charge in [0.2, 0.25) is 0 Å². The lowest BCUT2D eigenvalue weighted by molar-refractivity contribution is -0.176. The number of pyridine rings is 1. The third-order valence-corrected chi connectivity index (χ3v) is 5.51. The van der Waals surface area contributed by atoms with Gasteiger partial charge in [0, 0.05) is 22.6 Å². The number of fused-ring (bicyclic) bond motifs is 1. The number of imidazole rings is 1. The van der Waals surface area contributed by atoms with Crippen LogP contribution in [0.2, 0.25) is 0 Å². The summed E-state index contributed by atoms with van der Waals surface area (Å²) >= 11 is 3.20. The summed E-state index contributed by atoms with van der Waals surface area (Å²) in [5, 5.41) is 0.854. The quantitative estimate of drug-likeness (QED) is 0.335. The Morgan fingerprint density at radius 3 is 2.66 bits per heavy atom. The predicted molar refractivity (Wildman–Crippen MR) is 108 cm³/mol. The van der Waals surface area contributed by atoms with Gasteiger partial charge in [-0.3, -0.25) is 4.98 Å².